The third-order valence-corrected chi connectivity index (χ3v) is 1.87. The second-order valence-electron chi connectivity index (χ2n) is 2.21. The lowest BCUT2D eigenvalue weighted by Crippen LogP contribution is -2.18. The van der Waals surface area contributed by atoms with Crippen molar-refractivity contribution in [2.75, 3.05) is 5.75 Å². The summed E-state index contributed by atoms with van der Waals surface area (Å²) < 4.78 is 20.8. The van der Waals surface area contributed by atoms with E-state index in [0.717, 1.165) is 0 Å². The smallest absolute Gasteiger partial charge is 0.209 e. The fourth-order valence-corrected chi connectivity index (χ4v) is 1.15. The molecular weight excluding hydrogens is 168 g/mol. The first kappa shape index (κ1) is 10.2. The summed E-state index contributed by atoms with van der Waals surface area (Å²) >= 11 is 0. The predicted octanol–water partition coefficient (Wildman–Crippen LogP) is 0.364. The van der Waals surface area contributed by atoms with Crippen molar-refractivity contribution in [1.29, 1.82) is 0 Å². The summed E-state index contributed by atoms with van der Waals surface area (Å²) in [4.78, 5) is 2.53. The van der Waals surface area contributed by atoms with Gasteiger partial charge in [-0.3, -0.25) is 0 Å². The van der Waals surface area contributed by atoms with Crippen LogP contribution in [0.15, 0.2) is 5.11 Å². The molecule has 6 nitrogen and oxygen atoms in total. The van der Waals surface area contributed by atoms with Crippen molar-refractivity contribution in [3.63, 3.8) is 0 Å². The van der Waals surface area contributed by atoms with Crippen LogP contribution >= 0.6 is 0 Å². The van der Waals surface area contributed by atoms with Crippen LogP contribution in [0.1, 0.15) is 13.3 Å². The lowest BCUT2D eigenvalue weighted by atomic mass is 10.3. The summed E-state index contributed by atoms with van der Waals surface area (Å²) in [7, 11) is -3.42. The number of azide groups is 1. The maximum absolute atomic E-state index is 10.4. The Bertz CT molecular complexity index is 253. The largest absolute Gasteiger partial charge is 0.229 e. The van der Waals surface area contributed by atoms with Gasteiger partial charge in [0.2, 0.25) is 10.0 Å². The Morgan fingerprint density at radius 1 is 1.73 bits per heavy atom. The molecule has 0 spiro atoms. The van der Waals surface area contributed by atoms with Gasteiger partial charge in [0, 0.05) is 11.0 Å². The van der Waals surface area contributed by atoms with E-state index in [0.29, 0.717) is 0 Å². The van der Waals surface area contributed by atoms with Crippen molar-refractivity contribution < 1.29 is 8.42 Å². The maximum atomic E-state index is 10.4. The van der Waals surface area contributed by atoms with Gasteiger partial charge in [0.25, 0.3) is 0 Å². The summed E-state index contributed by atoms with van der Waals surface area (Å²) in [6, 6.07) is -0.321. The van der Waals surface area contributed by atoms with Gasteiger partial charge in [0.1, 0.15) is 0 Å². The quantitative estimate of drug-likeness (QED) is 0.381. The Morgan fingerprint density at radius 3 is 2.64 bits per heavy atom. The molecule has 0 rings (SSSR count). The highest BCUT2D eigenvalue weighted by Crippen LogP contribution is 1.97. The summed E-state index contributed by atoms with van der Waals surface area (Å²) in [6.45, 7) is 1.63. The zero-order valence-electron chi connectivity index (χ0n) is 6.14. The maximum Gasteiger partial charge on any atom is 0.209 e. The fraction of sp³-hybridized carbons (Fsp3) is 1.00. The number of primary sulfonamides is 1. The molecule has 0 aliphatic heterocycles. The number of sulfonamides is 1. The average molecular weight is 178 g/mol. The highest BCUT2D eigenvalue weighted by Gasteiger charge is 2.05. The van der Waals surface area contributed by atoms with Crippen molar-refractivity contribution in [3.8, 4) is 0 Å². The van der Waals surface area contributed by atoms with Gasteiger partial charge >= 0.3 is 0 Å². The van der Waals surface area contributed by atoms with Gasteiger partial charge in [-0.05, 0) is 12.0 Å². The molecule has 7 heteroatoms. The summed E-state index contributed by atoms with van der Waals surface area (Å²) in [5.41, 5.74) is 7.94. The molecule has 0 amide bonds. The van der Waals surface area contributed by atoms with Crippen LogP contribution in [0.2, 0.25) is 0 Å². The van der Waals surface area contributed by atoms with Gasteiger partial charge in [-0.2, -0.15) is 0 Å². The summed E-state index contributed by atoms with van der Waals surface area (Å²) in [5, 5.41) is 8.01. The lowest BCUT2D eigenvalue weighted by molar-refractivity contribution is 0.589. The number of hydrogen-bond donors (Lipinski definition) is 1. The molecule has 0 bridgehead atoms. The molecule has 0 aliphatic rings. The lowest BCUT2D eigenvalue weighted by Gasteiger charge is -2.00. The molecule has 11 heavy (non-hydrogen) atoms. The van der Waals surface area contributed by atoms with E-state index in [9.17, 15) is 8.42 Å². The van der Waals surface area contributed by atoms with Gasteiger partial charge in [-0.1, -0.05) is 12.0 Å². The summed E-state index contributed by atoms with van der Waals surface area (Å²) in [6.07, 6.45) is 0.267. The highest BCUT2D eigenvalue weighted by atomic mass is 32.2. The zero-order chi connectivity index (χ0) is 8.91. The second kappa shape index (κ2) is 4.17. The zero-order valence-corrected chi connectivity index (χ0v) is 6.95. The minimum Gasteiger partial charge on any atom is -0.229 e. The Hall–Kier alpha value is -0.780. The average Bonchev–Trinajstić information content (AvgIpc) is 1.83. The molecule has 0 aromatic heterocycles. The molecule has 1 atom stereocenters. The SMILES string of the molecule is CC(CCS(N)(=O)=O)N=[N+]=[N-]. The molecule has 0 heterocycles. The number of nitrogens with two attached hydrogens (primary N) is 1. The van der Waals surface area contributed by atoms with Gasteiger partial charge in [0.05, 0.1) is 5.75 Å². The number of nitrogens with zero attached hydrogens (tertiary/aromatic N) is 3. The van der Waals surface area contributed by atoms with E-state index in [1.54, 1.807) is 6.92 Å². The normalized spacial score (nSPS) is 13.6. The topological polar surface area (TPSA) is 109 Å². The van der Waals surface area contributed by atoms with E-state index >= 15 is 0 Å². The van der Waals surface area contributed by atoms with Crippen LogP contribution in [0.4, 0.5) is 0 Å². The standard InChI is InChI=1S/C4H10N4O2S/c1-4(7-8-5)2-3-11(6,9)10/h4H,2-3H2,1H3,(H2,6,9,10). The Balaban J connectivity index is 3.81. The molecule has 0 saturated carbocycles. The summed E-state index contributed by atoms with van der Waals surface area (Å²) in [5.74, 6) is -0.146. The molecule has 64 valence electrons. The second-order valence-corrected chi connectivity index (χ2v) is 3.94. The van der Waals surface area contributed by atoms with Crippen LogP contribution in [0.5, 0.6) is 0 Å². The molecule has 0 radical (unpaired) electrons. The van der Waals surface area contributed by atoms with Crippen molar-refractivity contribution >= 4 is 10.0 Å². The first-order valence-electron chi connectivity index (χ1n) is 3.00. The molecule has 1 unspecified atom stereocenters. The molecule has 2 N–H and O–H groups in total. The van der Waals surface area contributed by atoms with Crippen molar-refractivity contribution in [2.45, 2.75) is 19.4 Å². The van der Waals surface area contributed by atoms with Crippen LogP contribution in [-0.4, -0.2) is 20.2 Å². The van der Waals surface area contributed by atoms with Crippen molar-refractivity contribution in [3.05, 3.63) is 10.4 Å². The minimum atomic E-state index is -3.42. The predicted molar refractivity (Wildman–Crippen MR) is 41.2 cm³/mol. The highest BCUT2D eigenvalue weighted by molar-refractivity contribution is 7.89. The van der Waals surface area contributed by atoms with E-state index in [-0.39, 0.29) is 18.2 Å². The van der Waals surface area contributed by atoms with Gasteiger partial charge < -0.3 is 0 Å². The molecule has 0 saturated heterocycles. The van der Waals surface area contributed by atoms with E-state index in [4.69, 9.17) is 10.7 Å². The third-order valence-electron chi connectivity index (χ3n) is 1.07. The first-order chi connectivity index (χ1) is 4.95. The van der Waals surface area contributed by atoms with Gasteiger partial charge in [-0.15, -0.1) is 0 Å². The van der Waals surface area contributed by atoms with E-state index in [1.807, 2.05) is 0 Å². The molecule has 0 aliphatic carbocycles. The van der Waals surface area contributed by atoms with Crippen molar-refractivity contribution in [1.82, 2.24) is 0 Å². The molecular formula is C4H10N4O2S. The monoisotopic (exact) mass is 178 g/mol. The van der Waals surface area contributed by atoms with Crippen LogP contribution in [-0.2, 0) is 10.0 Å². The number of hydrogen-bond acceptors (Lipinski definition) is 3. The Kier molecular flexibility index (Phi) is 3.88. The third kappa shape index (κ3) is 7.11. The van der Waals surface area contributed by atoms with E-state index in [1.165, 1.54) is 0 Å². The van der Waals surface area contributed by atoms with Crippen molar-refractivity contribution in [2.24, 2.45) is 10.3 Å². The minimum absolute atomic E-state index is 0.146. The molecule has 0 aromatic carbocycles. The Labute approximate surface area is 65.1 Å². The van der Waals surface area contributed by atoms with Crippen LogP contribution < -0.4 is 5.14 Å². The number of rotatable bonds is 4. The van der Waals surface area contributed by atoms with Crippen LogP contribution in [0, 0.1) is 0 Å². The Morgan fingerprint density at radius 2 is 2.27 bits per heavy atom. The van der Waals surface area contributed by atoms with Gasteiger partial charge in [-0.25, -0.2) is 13.6 Å². The van der Waals surface area contributed by atoms with E-state index in [2.05, 4.69) is 10.0 Å². The van der Waals surface area contributed by atoms with E-state index < -0.39 is 10.0 Å². The molecule has 0 aromatic rings. The van der Waals surface area contributed by atoms with Crippen LogP contribution in [0.25, 0.3) is 10.4 Å². The van der Waals surface area contributed by atoms with Crippen LogP contribution in [0.3, 0.4) is 0 Å². The fourth-order valence-electron chi connectivity index (χ4n) is 0.481. The van der Waals surface area contributed by atoms with Gasteiger partial charge in [0.15, 0.2) is 0 Å². The first-order valence-corrected chi connectivity index (χ1v) is 4.72. The molecule has 0 fully saturated rings.